The summed E-state index contributed by atoms with van der Waals surface area (Å²) in [5.74, 6) is 1.05. The second-order valence-electron chi connectivity index (χ2n) is 3.22. The van der Waals surface area contributed by atoms with Crippen molar-refractivity contribution < 1.29 is 0 Å². The molecule has 1 aliphatic rings. The molecule has 4 N–H and O–H groups in total. The lowest BCUT2D eigenvalue weighted by Crippen LogP contribution is -2.35. The van der Waals surface area contributed by atoms with Crippen molar-refractivity contribution in [2.24, 2.45) is 0 Å². The fourth-order valence-electron chi connectivity index (χ4n) is 1.48. The predicted octanol–water partition coefficient (Wildman–Crippen LogP) is 0.200. The SMILES string of the molecule is Nc1n[nH]nc1NN1CCCCC1. The third-order valence-corrected chi connectivity index (χ3v) is 2.19. The van der Waals surface area contributed by atoms with E-state index in [4.69, 9.17) is 5.73 Å². The summed E-state index contributed by atoms with van der Waals surface area (Å²) in [7, 11) is 0. The van der Waals surface area contributed by atoms with E-state index in [9.17, 15) is 0 Å². The molecule has 2 heterocycles. The molecule has 0 amide bonds. The number of hydrogen-bond acceptors (Lipinski definition) is 5. The van der Waals surface area contributed by atoms with Crippen molar-refractivity contribution in [3.63, 3.8) is 0 Å². The number of nitrogen functional groups attached to an aromatic ring is 1. The number of aromatic amines is 1. The molecule has 0 bridgehead atoms. The Labute approximate surface area is 76.5 Å². The molecule has 1 aromatic rings. The molecule has 0 atom stereocenters. The number of H-pyrrole nitrogens is 1. The summed E-state index contributed by atoms with van der Waals surface area (Å²) in [6.45, 7) is 2.10. The highest BCUT2D eigenvalue weighted by atomic mass is 15.5. The van der Waals surface area contributed by atoms with Gasteiger partial charge in [0.1, 0.15) is 0 Å². The van der Waals surface area contributed by atoms with E-state index in [-0.39, 0.29) is 0 Å². The number of nitrogens with zero attached hydrogens (tertiary/aromatic N) is 3. The summed E-state index contributed by atoms with van der Waals surface area (Å²) < 4.78 is 0. The van der Waals surface area contributed by atoms with Crippen LogP contribution in [-0.2, 0) is 0 Å². The second kappa shape index (κ2) is 3.61. The minimum absolute atomic E-state index is 0.422. The van der Waals surface area contributed by atoms with Gasteiger partial charge in [-0.05, 0) is 12.8 Å². The van der Waals surface area contributed by atoms with Crippen LogP contribution in [0.25, 0.3) is 0 Å². The molecular weight excluding hydrogens is 168 g/mol. The molecule has 0 aromatic carbocycles. The smallest absolute Gasteiger partial charge is 0.206 e. The van der Waals surface area contributed by atoms with Crippen LogP contribution in [0.1, 0.15) is 19.3 Å². The number of piperidine rings is 1. The van der Waals surface area contributed by atoms with Gasteiger partial charge in [0.15, 0.2) is 5.82 Å². The Morgan fingerprint density at radius 1 is 1.23 bits per heavy atom. The average Bonchev–Trinajstić information content (AvgIpc) is 2.54. The molecule has 6 heteroatoms. The first kappa shape index (κ1) is 8.31. The molecule has 0 saturated carbocycles. The van der Waals surface area contributed by atoms with Crippen molar-refractivity contribution >= 4 is 11.6 Å². The Kier molecular flexibility index (Phi) is 2.31. The minimum Gasteiger partial charge on any atom is -0.379 e. The Bertz CT molecular complexity index is 264. The molecule has 6 nitrogen and oxygen atoms in total. The van der Waals surface area contributed by atoms with Crippen molar-refractivity contribution in [1.29, 1.82) is 0 Å². The summed E-state index contributed by atoms with van der Waals surface area (Å²) in [6, 6.07) is 0. The lowest BCUT2D eigenvalue weighted by atomic mass is 10.2. The topological polar surface area (TPSA) is 82.9 Å². The molecule has 72 valence electrons. The van der Waals surface area contributed by atoms with E-state index in [0.717, 1.165) is 13.1 Å². The summed E-state index contributed by atoms with van der Waals surface area (Å²) >= 11 is 0. The number of aromatic nitrogens is 3. The van der Waals surface area contributed by atoms with Crippen LogP contribution in [0.5, 0.6) is 0 Å². The monoisotopic (exact) mass is 182 g/mol. The van der Waals surface area contributed by atoms with Gasteiger partial charge in [-0.2, -0.15) is 5.21 Å². The van der Waals surface area contributed by atoms with Gasteiger partial charge in [0.25, 0.3) is 0 Å². The largest absolute Gasteiger partial charge is 0.379 e. The number of nitrogens with one attached hydrogen (secondary N) is 2. The van der Waals surface area contributed by atoms with Gasteiger partial charge < -0.3 is 5.73 Å². The minimum atomic E-state index is 0.422. The zero-order valence-electron chi connectivity index (χ0n) is 7.45. The third kappa shape index (κ3) is 1.89. The van der Waals surface area contributed by atoms with E-state index in [1.165, 1.54) is 19.3 Å². The molecule has 13 heavy (non-hydrogen) atoms. The third-order valence-electron chi connectivity index (χ3n) is 2.19. The lowest BCUT2D eigenvalue weighted by molar-refractivity contribution is 0.272. The van der Waals surface area contributed by atoms with E-state index >= 15 is 0 Å². The van der Waals surface area contributed by atoms with Crippen LogP contribution in [0.2, 0.25) is 0 Å². The van der Waals surface area contributed by atoms with Crippen molar-refractivity contribution in [2.75, 3.05) is 24.2 Å². The fourth-order valence-corrected chi connectivity index (χ4v) is 1.48. The van der Waals surface area contributed by atoms with E-state index < -0.39 is 0 Å². The van der Waals surface area contributed by atoms with Gasteiger partial charge in [0, 0.05) is 13.1 Å². The van der Waals surface area contributed by atoms with E-state index in [0.29, 0.717) is 11.6 Å². The molecule has 1 fully saturated rings. The molecule has 0 radical (unpaired) electrons. The summed E-state index contributed by atoms with van der Waals surface area (Å²) in [6.07, 6.45) is 3.77. The van der Waals surface area contributed by atoms with Crippen LogP contribution in [0, 0.1) is 0 Å². The van der Waals surface area contributed by atoms with Crippen molar-refractivity contribution in [2.45, 2.75) is 19.3 Å². The maximum Gasteiger partial charge on any atom is 0.206 e. The van der Waals surface area contributed by atoms with E-state index in [1.807, 2.05) is 0 Å². The van der Waals surface area contributed by atoms with Crippen LogP contribution < -0.4 is 11.2 Å². The highest BCUT2D eigenvalue weighted by Crippen LogP contribution is 2.13. The van der Waals surface area contributed by atoms with Crippen LogP contribution in [0.15, 0.2) is 0 Å². The molecule has 0 unspecified atom stereocenters. The molecule has 0 spiro atoms. The normalized spacial score (nSPS) is 18.8. The van der Waals surface area contributed by atoms with Crippen molar-refractivity contribution in [3.8, 4) is 0 Å². The summed E-state index contributed by atoms with van der Waals surface area (Å²) in [5, 5.41) is 12.2. The van der Waals surface area contributed by atoms with Crippen molar-refractivity contribution in [1.82, 2.24) is 20.4 Å². The summed E-state index contributed by atoms with van der Waals surface area (Å²) in [4.78, 5) is 0. The highest BCUT2D eigenvalue weighted by molar-refractivity contribution is 5.53. The highest BCUT2D eigenvalue weighted by Gasteiger charge is 2.12. The van der Waals surface area contributed by atoms with Gasteiger partial charge in [-0.3, -0.25) is 5.43 Å². The first-order chi connectivity index (χ1) is 6.36. The van der Waals surface area contributed by atoms with Crippen molar-refractivity contribution in [3.05, 3.63) is 0 Å². The Morgan fingerprint density at radius 2 is 2.00 bits per heavy atom. The molecule has 1 aromatic heterocycles. The Morgan fingerprint density at radius 3 is 2.62 bits per heavy atom. The van der Waals surface area contributed by atoms with Gasteiger partial charge >= 0.3 is 0 Å². The van der Waals surface area contributed by atoms with Crippen LogP contribution in [0.3, 0.4) is 0 Å². The van der Waals surface area contributed by atoms with Crippen LogP contribution in [0.4, 0.5) is 11.6 Å². The molecule has 2 rings (SSSR count). The van der Waals surface area contributed by atoms with Gasteiger partial charge in [-0.1, -0.05) is 6.42 Å². The molecule has 0 aliphatic carbocycles. The Hall–Kier alpha value is -1.30. The molecule has 1 saturated heterocycles. The fraction of sp³-hybridized carbons (Fsp3) is 0.714. The summed E-state index contributed by atoms with van der Waals surface area (Å²) in [5.41, 5.74) is 8.70. The zero-order valence-corrected chi connectivity index (χ0v) is 7.45. The van der Waals surface area contributed by atoms with E-state index in [1.54, 1.807) is 0 Å². The molecule has 1 aliphatic heterocycles. The van der Waals surface area contributed by atoms with Crippen LogP contribution in [-0.4, -0.2) is 33.5 Å². The van der Waals surface area contributed by atoms with Crippen LogP contribution >= 0.6 is 0 Å². The Balaban J connectivity index is 1.93. The quantitative estimate of drug-likeness (QED) is 0.608. The van der Waals surface area contributed by atoms with Gasteiger partial charge in [-0.25, -0.2) is 5.01 Å². The first-order valence-electron chi connectivity index (χ1n) is 4.54. The maximum atomic E-state index is 5.56. The zero-order chi connectivity index (χ0) is 9.10. The number of nitrogens with two attached hydrogens (primary N) is 1. The van der Waals surface area contributed by atoms with E-state index in [2.05, 4.69) is 25.8 Å². The predicted molar refractivity (Wildman–Crippen MR) is 49.8 cm³/mol. The number of anilines is 2. The maximum absolute atomic E-state index is 5.56. The number of hydrazine groups is 1. The van der Waals surface area contributed by atoms with Gasteiger partial charge in [0.2, 0.25) is 5.82 Å². The molecular formula is C7H14N6. The standard InChI is InChI=1S/C7H14N6/c8-6-7(10-12-9-6)11-13-4-2-1-3-5-13/h1-5H2,(H4,8,9,10,11,12). The second-order valence-corrected chi connectivity index (χ2v) is 3.22. The van der Waals surface area contributed by atoms with Gasteiger partial charge in [-0.15, -0.1) is 10.2 Å². The number of rotatable bonds is 2. The average molecular weight is 182 g/mol. The van der Waals surface area contributed by atoms with Gasteiger partial charge in [0.05, 0.1) is 0 Å². The first-order valence-corrected chi connectivity index (χ1v) is 4.54. The number of hydrogen-bond donors (Lipinski definition) is 3. The lowest BCUT2D eigenvalue weighted by Gasteiger charge is -2.26.